The van der Waals surface area contributed by atoms with Gasteiger partial charge in [0.2, 0.25) is 11.9 Å². The molecule has 5 nitrogen and oxygen atoms in total. The molecular weight excluding hydrogens is 297 g/mol. The fourth-order valence-electron chi connectivity index (χ4n) is 2.61. The minimum Gasteiger partial charge on any atom is -0.326 e. The van der Waals surface area contributed by atoms with E-state index in [0.29, 0.717) is 30.5 Å². The Kier molecular flexibility index (Phi) is 4.06. The van der Waals surface area contributed by atoms with Crippen molar-refractivity contribution in [2.45, 2.75) is 26.2 Å². The van der Waals surface area contributed by atoms with E-state index in [4.69, 9.17) is 0 Å². The Morgan fingerprint density at radius 1 is 1.35 bits per heavy atom. The van der Waals surface area contributed by atoms with Crippen LogP contribution in [-0.2, 0) is 17.6 Å². The van der Waals surface area contributed by atoms with Gasteiger partial charge < -0.3 is 10.6 Å². The van der Waals surface area contributed by atoms with Crippen molar-refractivity contribution in [2.24, 2.45) is 0 Å². The van der Waals surface area contributed by atoms with E-state index >= 15 is 0 Å². The number of halogens is 1. The first-order valence-corrected chi connectivity index (χ1v) is 7.45. The second-order valence-corrected chi connectivity index (χ2v) is 5.39. The van der Waals surface area contributed by atoms with Gasteiger partial charge in [-0.05, 0) is 42.2 Å². The van der Waals surface area contributed by atoms with E-state index in [1.165, 1.54) is 6.20 Å². The molecule has 23 heavy (non-hydrogen) atoms. The van der Waals surface area contributed by atoms with Crippen LogP contribution in [0.4, 0.5) is 15.8 Å². The van der Waals surface area contributed by atoms with Gasteiger partial charge in [0.15, 0.2) is 0 Å². The molecule has 0 aliphatic carbocycles. The number of fused-ring (bicyclic) bond motifs is 1. The summed E-state index contributed by atoms with van der Waals surface area (Å²) in [4.78, 5) is 27.3. The van der Waals surface area contributed by atoms with Crippen molar-refractivity contribution in [3.63, 3.8) is 0 Å². The Morgan fingerprint density at radius 3 is 2.96 bits per heavy atom. The van der Waals surface area contributed by atoms with Crippen LogP contribution >= 0.6 is 0 Å². The highest BCUT2D eigenvalue weighted by Gasteiger charge is 2.17. The van der Waals surface area contributed by atoms with Crippen molar-refractivity contribution >= 4 is 23.2 Å². The number of anilines is 2. The number of benzene rings is 1. The lowest BCUT2D eigenvalue weighted by Gasteiger charge is -2.18. The summed E-state index contributed by atoms with van der Waals surface area (Å²) in [5, 5.41) is 5.56. The van der Waals surface area contributed by atoms with Crippen LogP contribution in [0.25, 0.3) is 0 Å². The Morgan fingerprint density at radius 2 is 2.17 bits per heavy atom. The van der Waals surface area contributed by atoms with E-state index in [9.17, 15) is 14.0 Å². The van der Waals surface area contributed by atoms with Gasteiger partial charge in [0.05, 0.1) is 0 Å². The number of carbonyl (C=O) groups is 2. The summed E-state index contributed by atoms with van der Waals surface area (Å²) in [6.07, 6.45) is 3.04. The van der Waals surface area contributed by atoms with Crippen molar-refractivity contribution in [3.05, 3.63) is 53.1 Å². The Bertz CT molecular complexity index is 789. The van der Waals surface area contributed by atoms with E-state index in [1.54, 1.807) is 12.1 Å². The smallest absolute Gasteiger partial charge is 0.256 e. The van der Waals surface area contributed by atoms with E-state index < -0.39 is 5.95 Å². The van der Waals surface area contributed by atoms with Crippen LogP contribution < -0.4 is 10.6 Å². The normalized spacial score (nSPS) is 13.2. The van der Waals surface area contributed by atoms with Gasteiger partial charge in [0.25, 0.3) is 5.91 Å². The number of hydrogen-bond donors (Lipinski definition) is 2. The Labute approximate surface area is 132 Å². The average molecular weight is 313 g/mol. The quantitative estimate of drug-likeness (QED) is 0.856. The summed E-state index contributed by atoms with van der Waals surface area (Å²) in [5.41, 5.74) is 3.33. The predicted octanol–water partition coefficient (Wildman–Crippen LogP) is 2.92. The van der Waals surface area contributed by atoms with Gasteiger partial charge in [-0.25, -0.2) is 4.98 Å². The second-order valence-electron chi connectivity index (χ2n) is 5.39. The third-order valence-corrected chi connectivity index (χ3v) is 3.84. The predicted molar refractivity (Wildman–Crippen MR) is 84.9 cm³/mol. The molecule has 2 heterocycles. The highest BCUT2D eigenvalue weighted by molar-refractivity contribution is 6.05. The van der Waals surface area contributed by atoms with Gasteiger partial charge in [-0.1, -0.05) is 6.92 Å². The van der Waals surface area contributed by atoms with Gasteiger partial charge in [-0.3, -0.25) is 9.59 Å². The number of pyridine rings is 1. The number of rotatable bonds is 3. The third-order valence-electron chi connectivity index (χ3n) is 3.84. The molecule has 2 aromatic rings. The van der Waals surface area contributed by atoms with E-state index in [0.717, 1.165) is 17.3 Å². The molecule has 1 aromatic carbocycles. The molecule has 0 unspecified atom stereocenters. The molecule has 0 fully saturated rings. The van der Waals surface area contributed by atoms with Crippen molar-refractivity contribution in [3.8, 4) is 0 Å². The van der Waals surface area contributed by atoms with Gasteiger partial charge in [-0.2, -0.15) is 4.39 Å². The molecule has 3 rings (SSSR count). The van der Waals surface area contributed by atoms with E-state index in [1.807, 2.05) is 13.0 Å². The highest BCUT2D eigenvalue weighted by atomic mass is 19.1. The lowest BCUT2D eigenvalue weighted by atomic mass is 10.0. The van der Waals surface area contributed by atoms with Crippen molar-refractivity contribution in [2.75, 3.05) is 10.6 Å². The zero-order valence-electron chi connectivity index (χ0n) is 12.6. The van der Waals surface area contributed by atoms with Crippen LogP contribution in [0.5, 0.6) is 0 Å². The zero-order chi connectivity index (χ0) is 16.4. The molecule has 1 aliphatic rings. The maximum Gasteiger partial charge on any atom is 0.256 e. The molecule has 0 atom stereocenters. The van der Waals surface area contributed by atoms with Crippen LogP contribution in [-0.4, -0.2) is 16.8 Å². The molecule has 0 radical (unpaired) electrons. The molecular formula is C17H16FN3O2. The van der Waals surface area contributed by atoms with Crippen LogP contribution in [0.1, 0.15) is 34.8 Å². The SMILES string of the molecule is CCc1cnc(F)cc1C(=O)Nc1ccc2c(c1)CCC(=O)N2. The first kappa shape index (κ1) is 15.1. The first-order chi connectivity index (χ1) is 11.1. The molecule has 1 aliphatic heterocycles. The fourth-order valence-corrected chi connectivity index (χ4v) is 2.61. The van der Waals surface area contributed by atoms with Gasteiger partial charge in [0, 0.05) is 35.6 Å². The molecule has 6 heteroatoms. The van der Waals surface area contributed by atoms with Gasteiger partial charge in [0.1, 0.15) is 0 Å². The van der Waals surface area contributed by atoms with Crippen LogP contribution in [0.15, 0.2) is 30.5 Å². The summed E-state index contributed by atoms with van der Waals surface area (Å²) >= 11 is 0. The lowest BCUT2D eigenvalue weighted by Crippen LogP contribution is -2.20. The number of nitrogens with zero attached hydrogens (tertiary/aromatic N) is 1. The van der Waals surface area contributed by atoms with Crippen molar-refractivity contribution in [1.82, 2.24) is 4.98 Å². The average Bonchev–Trinajstić information content (AvgIpc) is 2.55. The molecule has 1 aromatic heterocycles. The highest BCUT2D eigenvalue weighted by Crippen LogP contribution is 2.26. The fraction of sp³-hybridized carbons (Fsp3) is 0.235. The third kappa shape index (κ3) is 3.21. The first-order valence-electron chi connectivity index (χ1n) is 7.45. The molecule has 0 saturated carbocycles. The number of amides is 2. The minimum absolute atomic E-state index is 0.00543. The summed E-state index contributed by atoms with van der Waals surface area (Å²) < 4.78 is 13.3. The molecule has 0 saturated heterocycles. The number of aryl methyl sites for hydroxylation is 2. The molecule has 0 bridgehead atoms. The maximum absolute atomic E-state index is 13.3. The largest absolute Gasteiger partial charge is 0.326 e. The number of hydrogen-bond acceptors (Lipinski definition) is 3. The lowest BCUT2D eigenvalue weighted by molar-refractivity contribution is -0.116. The molecule has 2 N–H and O–H groups in total. The van der Waals surface area contributed by atoms with Gasteiger partial charge >= 0.3 is 0 Å². The van der Waals surface area contributed by atoms with E-state index in [-0.39, 0.29) is 17.4 Å². The summed E-state index contributed by atoms with van der Waals surface area (Å²) in [7, 11) is 0. The Hall–Kier alpha value is -2.76. The maximum atomic E-state index is 13.3. The summed E-state index contributed by atoms with van der Waals surface area (Å²) in [6, 6.07) is 6.45. The van der Waals surface area contributed by atoms with E-state index in [2.05, 4.69) is 15.6 Å². The number of nitrogens with one attached hydrogen (secondary N) is 2. The van der Waals surface area contributed by atoms with Crippen LogP contribution in [0.2, 0.25) is 0 Å². The summed E-state index contributed by atoms with van der Waals surface area (Å²) in [5.74, 6) is -1.06. The number of carbonyl (C=O) groups excluding carboxylic acids is 2. The molecule has 118 valence electrons. The van der Waals surface area contributed by atoms with Crippen LogP contribution in [0, 0.1) is 5.95 Å². The van der Waals surface area contributed by atoms with Gasteiger partial charge in [-0.15, -0.1) is 0 Å². The zero-order valence-corrected chi connectivity index (χ0v) is 12.6. The minimum atomic E-state index is -0.680. The van der Waals surface area contributed by atoms with Crippen molar-refractivity contribution in [1.29, 1.82) is 0 Å². The molecule has 0 spiro atoms. The number of aromatic nitrogens is 1. The second kappa shape index (κ2) is 6.16. The van der Waals surface area contributed by atoms with Crippen LogP contribution in [0.3, 0.4) is 0 Å². The topological polar surface area (TPSA) is 71.1 Å². The Balaban J connectivity index is 1.83. The summed E-state index contributed by atoms with van der Waals surface area (Å²) in [6.45, 7) is 1.88. The standard InChI is InChI=1S/C17H16FN3O2/c1-2-10-9-19-15(18)8-13(10)17(23)20-12-4-5-14-11(7-12)3-6-16(22)21-14/h4-5,7-9H,2-3,6H2,1H3,(H,20,23)(H,21,22). The van der Waals surface area contributed by atoms with Crippen molar-refractivity contribution < 1.29 is 14.0 Å². The monoisotopic (exact) mass is 313 g/mol. The molecule has 2 amide bonds.